The van der Waals surface area contributed by atoms with Gasteiger partial charge in [0.2, 0.25) is 0 Å². The number of aryl methyl sites for hydroxylation is 1. The molecule has 0 radical (unpaired) electrons. The molecule has 3 nitrogen and oxygen atoms in total. The smallest absolute Gasteiger partial charge is 0.144 e. The Morgan fingerprint density at radius 3 is 2.75 bits per heavy atom. The molecule has 1 aromatic rings. The van der Waals surface area contributed by atoms with E-state index in [2.05, 4.69) is 10.3 Å². The normalized spacial score (nSPS) is 11.1. The van der Waals surface area contributed by atoms with Crippen molar-refractivity contribution in [3.63, 3.8) is 0 Å². The number of rotatable bonds is 6. The van der Waals surface area contributed by atoms with Crippen LogP contribution in [-0.2, 0) is 13.0 Å². The van der Waals surface area contributed by atoms with E-state index >= 15 is 0 Å². The first-order valence-electron chi connectivity index (χ1n) is 5.57. The van der Waals surface area contributed by atoms with Gasteiger partial charge in [-0.05, 0) is 52.7 Å². The largest absolute Gasteiger partial charge is 0.320 e. The number of halogens is 1. The minimum atomic E-state index is -0.196. The fourth-order valence-electron chi connectivity index (χ4n) is 1.55. The SMILES string of the molecule is CNCCCc1nc(CN(C)C)ccc1F. The summed E-state index contributed by atoms with van der Waals surface area (Å²) in [6.45, 7) is 1.64. The summed E-state index contributed by atoms with van der Waals surface area (Å²) >= 11 is 0. The third kappa shape index (κ3) is 4.24. The van der Waals surface area contributed by atoms with Gasteiger partial charge in [-0.3, -0.25) is 4.98 Å². The lowest BCUT2D eigenvalue weighted by Gasteiger charge is -2.10. The van der Waals surface area contributed by atoms with E-state index in [0.717, 1.165) is 25.2 Å². The Hall–Kier alpha value is -1.00. The second-order valence-electron chi connectivity index (χ2n) is 4.18. The molecule has 0 saturated carbocycles. The lowest BCUT2D eigenvalue weighted by Crippen LogP contribution is -2.14. The van der Waals surface area contributed by atoms with Crippen molar-refractivity contribution in [2.75, 3.05) is 27.7 Å². The summed E-state index contributed by atoms with van der Waals surface area (Å²) in [7, 11) is 5.85. The zero-order valence-corrected chi connectivity index (χ0v) is 10.3. The quantitative estimate of drug-likeness (QED) is 0.742. The lowest BCUT2D eigenvalue weighted by molar-refractivity contribution is 0.395. The first kappa shape index (κ1) is 13.1. The average molecular weight is 225 g/mol. The standard InChI is InChI=1S/C12H20FN3/c1-14-8-4-5-12-11(13)7-6-10(15-12)9-16(2)3/h6-7,14H,4-5,8-9H2,1-3H3. The first-order valence-corrected chi connectivity index (χ1v) is 5.57. The topological polar surface area (TPSA) is 28.2 Å². The fourth-order valence-corrected chi connectivity index (χ4v) is 1.55. The molecule has 0 fully saturated rings. The summed E-state index contributed by atoms with van der Waals surface area (Å²) in [5.74, 6) is -0.196. The summed E-state index contributed by atoms with van der Waals surface area (Å²) in [5.41, 5.74) is 1.50. The molecule has 1 heterocycles. The van der Waals surface area contributed by atoms with Gasteiger partial charge in [-0.2, -0.15) is 0 Å². The highest BCUT2D eigenvalue weighted by Crippen LogP contribution is 2.09. The zero-order chi connectivity index (χ0) is 12.0. The van der Waals surface area contributed by atoms with E-state index in [0.29, 0.717) is 12.1 Å². The molecule has 0 spiro atoms. The Kier molecular flexibility index (Phi) is 5.35. The number of hydrogen-bond acceptors (Lipinski definition) is 3. The molecule has 0 aliphatic rings. The minimum absolute atomic E-state index is 0.196. The lowest BCUT2D eigenvalue weighted by atomic mass is 10.2. The molecule has 0 aliphatic heterocycles. The Morgan fingerprint density at radius 2 is 2.12 bits per heavy atom. The molecule has 4 heteroatoms. The minimum Gasteiger partial charge on any atom is -0.320 e. The summed E-state index contributed by atoms with van der Waals surface area (Å²) in [6, 6.07) is 3.26. The van der Waals surface area contributed by atoms with Crippen LogP contribution in [0.4, 0.5) is 4.39 Å². The van der Waals surface area contributed by atoms with Gasteiger partial charge in [0.1, 0.15) is 5.82 Å². The van der Waals surface area contributed by atoms with E-state index in [4.69, 9.17) is 0 Å². The first-order chi connectivity index (χ1) is 7.63. The highest BCUT2D eigenvalue weighted by molar-refractivity contribution is 5.13. The summed E-state index contributed by atoms with van der Waals surface area (Å²) in [4.78, 5) is 6.37. The molecule has 1 N–H and O–H groups in total. The average Bonchev–Trinajstić information content (AvgIpc) is 2.22. The molecule has 16 heavy (non-hydrogen) atoms. The highest BCUT2D eigenvalue weighted by Gasteiger charge is 2.05. The van der Waals surface area contributed by atoms with Gasteiger partial charge in [0.15, 0.2) is 0 Å². The van der Waals surface area contributed by atoms with Crippen molar-refractivity contribution in [3.05, 3.63) is 29.3 Å². The summed E-state index contributed by atoms with van der Waals surface area (Å²) in [6.07, 6.45) is 1.60. The molecular weight excluding hydrogens is 205 g/mol. The predicted octanol–water partition coefficient (Wildman–Crippen LogP) is 1.43. The van der Waals surface area contributed by atoms with Gasteiger partial charge in [0.25, 0.3) is 0 Å². The number of nitrogens with one attached hydrogen (secondary N) is 1. The number of aromatic nitrogens is 1. The van der Waals surface area contributed by atoms with Crippen LogP contribution >= 0.6 is 0 Å². The molecular formula is C12H20FN3. The molecule has 0 atom stereocenters. The third-order valence-corrected chi connectivity index (χ3v) is 2.29. The van der Waals surface area contributed by atoms with E-state index in [9.17, 15) is 4.39 Å². The van der Waals surface area contributed by atoms with Gasteiger partial charge in [-0.15, -0.1) is 0 Å². The van der Waals surface area contributed by atoms with Gasteiger partial charge in [-0.1, -0.05) is 0 Å². The Morgan fingerprint density at radius 1 is 1.38 bits per heavy atom. The van der Waals surface area contributed by atoms with Crippen LogP contribution in [0.1, 0.15) is 17.8 Å². The monoisotopic (exact) mass is 225 g/mol. The van der Waals surface area contributed by atoms with Crippen molar-refractivity contribution in [2.45, 2.75) is 19.4 Å². The Bertz CT molecular complexity index is 326. The van der Waals surface area contributed by atoms with E-state index in [-0.39, 0.29) is 5.82 Å². The van der Waals surface area contributed by atoms with Crippen LogP contribution < -0.4 is 5.32 Å². The number of hydrogen-bond donors (Lipinski definition) is 1. The maximum absolute atomic E-state index is 13.4. The third-order valence-electron chi connectivity index (χ3n) is 2.29. The molecule has 0 aromatic carbocycles. The predicted molar refractivity (Wildman–Crippen MR) is 63.8 cm³/mol. The second kappa shape index (κ2) is 6.55. The zero-order valence-electron chi connectivity index (χ0n) is 10.3. The molecule has 0 amide bonds. The van der Waals surface area contributed by atoms with Crippen LogP contribution in [0.15, 0.2) is 12.1 Å². The highest BCUT2D eigenvalue weighted by atomic mass is 19.1. The molecule has 1 aromatic heterocycles. The Labute approximate surface area is 96.7 Å². The van der Waals surface area contributed by atoms with Gasteiger partial charge in [0, 0.05) is 6.54 Å². The van der Waals surface area contributed by atoms with Crippen molar-refractivity contribution in [1.29, 1.82) is 0 Å². The maximum Gasteiger partial charge on any atom is 0.144 e. The summed E-state index contributed by atoms with van der Waals surface area (Å²) in [5, 5.41) is 3.05. The van der Waals surface area contributed by atoms with Crippen molar-refractivity contribution < 1.29 is 4.39 Å². The van der Waals surface area contributed by atoms with Crippen molar-refractivity contribution in [3.8, 4) is 0 Å². The molecule has 0 aliphatic carbocycles. The van der Waals surface area contributed by atoms with Crippen LogP contribution in [0, 0.1) is 5.82 Å². The van der Waals surface area contributed by atoms with Crippen LogP contribution in [-0.4, -0.2) is 37.6 Å². The van der Waals surface area contributed by atoms with Crippen molar-refractivity contribution >= 4 is 0 Å². The van der Waals surface area contributed by atoms with Gasteiger partial charge in [-0.25, -0.2) is 4.39 Å². The van der Waals surface area contributed by atoms with Gasteiger partial charge in [0.05, 0.1) is 11.4 Å². The van der Waals surface area contributed by atoms with E-state index in [1.165, 1.54) is 6.07 Å². The second-order valence-corrected chi connectivity index (χ2v) is 4.18. The van der Waals surface area contributed by atoms with Gasteiger partial charge >= 0.3 is 0 Å². The number of nitrogens with zero attached hydrogens (tertiary/aromatic N) is 2. The molecule has 0 bridgehead atoms. The fraction of sp³-hybridized carbons (Fsp3) is 0.583. The van der Waals surface area contributed by atoms with Crippen LogP contribution in [0.5, 0.6) is 0 Å². The van der Waals surface area contributed by atoms with Crippen LogP contribution in [0.2, 0.25) is 0 Å². The maximum atomic E-state index is 13.4. The molecule has 90 valence electrons. The molecule has 0 saturated heterocycles. The van der Waals surface area contributed by atoms with Crippen molar-refractivity contribution in [2.24, 2.45) is 0 Å². The Balaban J connectivity index is 2.66. The van der Waals surface area contributed by atoms with Gasteiger partial charge < -0.3 is 10.2 Å². The van der Waals surface area contributed by atoms with E-state index in [1.807, 2.05) is 26.0 Å². The summed E-state index contributed by atoms with van der Waals surface area (Å²) < 4.78 is 13.4. The molecule has 0 unspecified atom stereocenters. The van der Waals surface area contributed by atoms with Crippen LogP contribution in [0.3, 0.4) is 0 Å². The van der Waals surface area contributed by atoms with E-state index in [1.54, 1.807) is 6.07 Å². The van der Waals surface area contributed by atoms with Crippen molar-refractivity contribution in [1.82, 2.24) is 15.2 Å². The number of pyridine rings is 1. The van der Waals surface area contributed by atoms with Crippen LogP contribution in [0.25, 0.3) is 0 Å². The molecule has 1 rings (SSSR count). The van der Waals surface area contributed by atoms with E-state index < -0.39 is 0 Å².